The molecule has 1 aliphatic rings. The van der Waals surface area contributed by atoms with E-state index in [0.29, 0.717) is 45.4 Å². The van der Waals surface area contributed by atoms with Gasteiger partial charge in [-0.3, -0.25) is 4.79 Å². The van der Waals surface area contributed by atoms with Crippen molar-refractivity contribution in [3.63, 3.8) is 0 Å². The number of carbonyl (C=O) groups is 1. The molecule has 7 heteroatoms. The topological polar surface area (TPSA) is 70.8 Å². The number of aryl methyl sites for hydroxylation is 1. The van der Waals surface area contributed by atoms with Gasteiger partial charge in [0.05, 0.1) is 12.5 Å². The molecule has 1 aromatic heterocycles. The van der Waals surface area contributed by atoms with Crippen molar-refractivity contribution in [2.24, 2.45) is 0 Å². The van der Waals surface area contributed by atoms with Crippen molar-refractivity contribution in [2.75, 3.05) is 32.4 Å². The van der Waals surface area contributed by atoms with Crippen molar-refractivity contribution in [3.05, 3.63) is 24.2 Å². The van der Waals surface area contributed by atoms with E-state index in [9.17, 15) is 13.2 Å². The predicted octanol–water partition coefficient (Wildman–Crippen LogP) is 0.706. The number of carbonyl (C=O) groups excluding carboxylic acids is 1. The highest BCUT2D eigenvalue weighted by molar-refractivity contribution is 7.88. The van der Waals surface area contributed by atoms with Crippen molar-refractivity contribution in [1.82, 2.24) is 9.21 Å². The molecule has 0 radical (unpaired) electrons. The third kappa shape index (κ3) is 4.08. The van der Waals surface area contributed by atoms with Gasteiger partial charge in [-0.15, -0.1) is 0 Å². The molecule has 1 aromatic rings. The molecule has 2 rings (SSSR count). The monoisotopic (exact) mass is 300 g/mol. The Morgan fingerprint density at radius 2 is 2.10 bits per heavy atom. The summed E-state index contributed by atoms with van der Waals surface area (Å²) in [5.41, 5.74) is 0. The van der Waals surface area contributed by atoms with Crippen LogP contribution in [-0.4, -0.2) is 56.0 Å². The first kappa shape index (κ1) is 15.1. The normalized spacial score (nSPS) is 17.9. The molecule has 0 atom stereocenters. The Balaban J connectivity index is 1.85. The van der Waals surface area contributed by atoms with E-state index in [0.717, 1.165) is 5.76 Å². The zero-order chi connectivity index (χ0) is 14.6. The van der Waals surface area contributed by atoms with Crippen LogP contribution in [0.3, 0.4) is 0 Å². The van der Waals surface area contributed by atoms with Crippen LogP contribution in [0.15, 0.2) is 22.8 Å². The van der Waals surface area contributed by atoms with Crippen LogP contribution in [0.5, 0.6) is 0 Å². The molecule has 0 spiro atoms. The van der Waals surface area contributed by atoms with Crippen molar-refractivity contribution in [1.29, 1.82) is 0 Å². The molecule has 1 amide bonds. The fourth-order valence-corrected chi connectivity index (χ4v) is 3.19. The van der Waals surface area contributed by atoms with E-state index in [2.05, 4.69) is 0 Å². The maximum atomic E-state index is 12.1. The summed E-state index contributed by atoms with van der Waals surface area (Å²) in [5, 5.41) is 0. The van der Waals surface area contributed by atoms with Crippen LogP contribution in [0.4, 0.5) is 0 Å². The SMILES string of the molecule is CS(=O)(=O)N1CCCN(C(=O)CCc2ccco2)CC1. The average Bonchev–Trinajstić information content (AvgIpc) is 2.76. The zero-order valence-corrected chi connectivity index (χ0v) is 12.4. The van der Waals surface area contributed by atoms with Gasteiger partial charge in [-0.2, -0.15) is 0 Å². The molecule has 6 nitrogen and oxygen atoms in total. The van der Waals surface area contributed by atoms with Gasteiger partial charge in [-0.05, 0) is 18.6 Å². The molecule has 0 N–H and O–H groups in total. The fraction of sp³-hybridized carbons (Fsp3) is 0.615. The minimum absolute atomic E-state index is 0.0525. The summed E-state index contributed by atoms with van der Waals surface area (Å²) in [7, 11) is -3.17. The van der Waals surface area contributed by atoms with Crippen molar-refractivity contribution in [2.45, 2.75) is 19.3 Å². The maximum absolute atomic E-state index is 12.1. The molecule has 0 bridgehead atoms. The van der Waals surface area contributed by atoms with Crippen molar-refractivity contribution < 1.29 is 17.6 Å². The van der Waals surface area contributed by atoms with Gasteiger partial charge in [0.15, 0.2) is 0 Å². The van der Waals surface area contributed by atoms with Gasteiger partial charge in [0.1, 0.15) is 5.76 Å². The molecule has 0 aliphatic carbocycles. The van der Waals surface area contributed by atoms with Crippen LogP contribution in [-0.2, 0) is 21.2 Å². The Bertz CT molecular complexity index is 539. The smallest absolute Gasteiger partial charge is 0.223 e. The Hall–Kier alpha value is -1.34. The summed E-state index contributed by atoms with van der Waals surface area (Å²) in [5.74, 6) is 0.850. The van der Waals surface area contributed by atoms with Crippen LogP contribution in [0.1, 0.15) is 18.6 Å². The van der Waals surface area contributed by atoms with E-state index in [1.807, 2.05) is 6.07 Å². The van der Waals surface area contributed by atoms with E-state index in [1.54, 1.807) is 17.2 Å². The molecule has 0 aromatic carbocycles. The number of nitrogens with zero attached hydrogens (tertiary/aromatic N) is 2. The molecule has 2 heterocycles. The number of hydrogen-bond acceptors (Lipinski definition) is 4. The van der Waals surface area contributed by atoms with Gasteiger partial charge in [0.2, 0.25) is 15.9 Å². The lowest BCUT2D eigenvalue weighted by Gasteiger charge is -2.20. The van der Waals surface area contributed by atoms with Gasteiger partial charge in [-0.1, -0.05) is 0 Å². The quantitative estimate of drug-likeness (QED) is 0.821. The minimum Gasteiger partial charge on any atom is -0.469 e. The first-order valence-electron chi connectivity index (χ1n) is 6.72. The van der Waals surface area contributed by atoms with E-state index in [1.165, 1.54) is 10.6 Å². The molecule has 1 saturated heterocycles. The lowest BCUT2D eigenvalue weighted by molar-refractivity contribution is -0.131. The number of furan rings is 1. The highest BCUT2D eigenvalue weighted by atomic mass is 32.2. The summed E-state index contributed by atoms with van der Waals surface area (Å²) in [6, 6.07) is 3.65. The molecule has 0 saturated carbocycles. The van der Waals surface area contributed by atoms with Crippen LogP contribution in [0.25, 0.3) is 0 Å². The fourth-order valence-electron chi connectivity index (χ4n) is 2.32. The van der Waals surface area contributed by atoms with Gasteiger partial charge in [-0.25, -0.2) is 12.7 Å². The second-order valence-corrected chi connectivity index (χ2v) is 6.96. The Kier molecular flexibility index (Phi) is 4.82. The second kappa shape index (κ2) is 6.41. The Morgan fingerprint density at radius 3 is 2.75 bits per heavy atom. The van der Waals surface area contributed by atoms with E-state index in [-0.39, 0.29) is 5.91 Å². The lowest BCUT2D eigenvalue weighted by atomic mass is 10.2. The van der Waals surface area contributed by atoms with Crippen molar-refractivity contribution in [3.8, 4) is 0 Å². The molecule has 1 fully saturated rings. The molecule has 20 heavy (non-hydrogen) atoms. The number of rotatable bonds is 4. The summed E-state index contributed by atoms with van der Waals surface area (Å²) in [6.45, 7) is 1.94. The lowest BCUT2D eigenvalue weighted by Crippen LogP contribution is -2.37. The van der Waals surface area contributed by atoms with Crippen LogP contribution >= 0.6 is 0 Å². The van der Waals surface area contributed by atoms with E-state index < -0.39 is 10.0 Å². The second-order valence-electron chi connectivity index (χ2n) is 4.98. The van der Waals surface area contributed by atoms with Crippen LogP contribution in [0, 0.1) is 0 Å². The largest absolute Gasteiger partial charge is 0.469 e. The van der Waals surface area contributed by atoms with Crippen LogP contribution in [0.2, 0.25) is 0 Å². The summed E-state index contributed by atoms with van der Waals surface area (Å²) >= 11 is 0. The average molecular weight is 300 g/mol. The predicted molar refractivity (Wildman–Crippen MR) is 74.6 cm³/mol. The van der Waals surface area contributed by atoms with Gasteiger partial charge in [0.25, 0.3) is 0 Å². The standard InChI is InChI=1S/C13H20N2O4S/c1-20(17,18)15-8-3-7-14(9-10-15)13(16)6-5-12-4-2-11-19-12/h2,4,11H,3,5-10H2,1H3. The number of hydrogen-bond donors (Lipinski definition) is 0. The minimum atomic E-state index is -3.17. The zero-order valence-electron chi connectivity index (χ0n) is 11.6. The summed E-state index contributed by atoms with van der Waals surface area (Å²) in [4.78, 5) is 13.9. The molecule has 0 unspecified atom stereocenters. The van der Waals surface area contributed by atoms with Crippen molar-refractivity contribution >= 4 is 15.9 Å². The third-order valence-electron chi connectivity index (χ3n) is 3.44. The summed E-state index contributed by atoms with van der Waals surface area (Å²) < 4.78 is 29.7. The maximum Gasteiger partial charge on any atom is 0.223 e. The first-order valence-corrected chi connectivity index (χ1v) is 8.57. The van der Waals surface area contributed by atoms with Gasteiger partial charge in [0, 0.05) is 39.0 Å². The summed E-state index contributed by atoms with van der Waals surface area (Å²) in [6.07, 6.45) is 4.46. The molecule has 112 valence electrons. The van der Waals surface area contributed by atoms with Crippen LogP contribution < -0.4 is 0 Å². The van der Waals surface area contributed by atoms with Gasteiger partial charge >= 0.3 is 0 Å². The van der Waals surface area contributed by atoms with E-state index in [4.69, 9.17) is 4.42 Å². The first-order chi connectivity index (χ1) is 9.47. The molecule has 1 aliphatic heterocycles. The molecular formula is C13H20N2O4S. The highest BCUT2D eigenvalue weighted by Crippen LogP contribution is 2.10. The van der Waals surface area contributed by atoms with E-state index >= 15 is 0 Å². The molecular weight excluding hydrogens is 280 g/mol. The van der Waals surface area contributed by atoms with Gasteiger partial charge < -0.3 is 9.32 Å². The Labute approximate surface area is 119 Å². The number of sulfonamides is 1. The Morgan fingerprint density at radius 1 is 1.30 bits per heavy atom. The highest BCUT2D eigenvalue weighted by Gasteiger charge is 2.23. The number of amides is 1. The third-order valence-corrected chi connectivity index (χ3v) is 4.75.